The van der Waals surface area contributed by atoms with Crippen LogP contribution >= 0.6 is 0 Å². The predicted molar refractivity (Wildman–Crippen MR) is 50.7 cm³/mol. The van der Waals surface area contributed by atoms with E-state index in [4.69, 9.17) is 9.47 Å². The summed E-state index contributed by atoms with van der Waals surface area (Å²) in [6, 6.07) is 0. The first-order valence-electron chi connectivity index (χ1n) is 5.05. The van der Waals surface area contributed by atoms with Crippen molar-refractivity contribution in [1.82, 2.24) is 0 Å². The van der Waals surface area contributed by atoms with Crippen molar-refractivity contribution in [2.75, 3.05) is 7.11 Å². The second-order valence-corrected chi connectivity index (χ2v) is 3.77. The number of rotatable bonds is 3. The van der Waals surface area contributed by atoms with E-state index in [0.29, 0.717) is 0 Å². The summed E-state index contributed by atoms with van der Waals surface area (Å²) in [4.78, 5) is 0. The molecule has 0 aromatic rings. The molecule has 0 aromatic heterocycles. The molecule has 3 heteroatoms. The van der Waals surface area contributed by atoms with Gasteiger partial charge in [0.25, 0.3) is 0 Å². The quantitative estimate of drug-likeness (QED) is 0.726. The summed E-state index contributed by atoms with van der Waals surface area (Å²) in [5, 5.41) is 9.83. The zero-order chi connectivity index (χ0) is 9.84. The highest BCUT2D eigenvalue weighted by molar-refractivity contribution is 4.84. The topological polar surface area (TPSA) is 38.7 Å². The fraction of sp³-hybridized carbons (Fsp3) is 1.00. The van der Waals surface area contributed by atoms with Crippen LogP contribution in [0, 0.1) is 0 Å². The Morgan fingerprint density at radius 1 is 1.54 bits per heavy atom. The van der Waals surface area contributed by atoms with Crippen molar-refractivity contribution in [1.29, 1.82) is 0 Å². The standard InChI is InChI=1S/C10H20O3/c1-4-5-8-10(11)9(12-3)6-7(2)13-8/h7-11H,4-6H2,1-3H3. The number of hydrogen-bond donors (Lipinski definition) is 1. The lowest BCUT2D eigenvalue weighted by Crippen LogP contribution is -2.48. The second-order valence-electron chi connectivity index (χ2n) is 3.77. The molecule has 1 rings (SSSR count). The van der Waals surface area contributed by atoms with E-state index in [2.05, 4.69) is 6.92 Å². The van der Waals surface area contributed by atoms with E-state index in [9.17, 15) is 5.11 Å². The van der Waals surface area contributed by atoms with Crippen molar-refractivity contribution in [2.45, 2.75) is 57.5 Å². The molecule has 0 radical (unpaired) electrons. The van der Waals surface area contributed by atoms with E-state index in [1.807, 2.05) is 6.92 Å². The van der Waals surface area contributed by atoms with E-state index < -0.39 is 6.10 Å². The van der Waals surface area contributed by atoms with Crippen LogP contribution in [-0.4, -0.2) is 36.6 Å². The lowest BCUT2D eigenvalue weighted by molar-refractivity contribution is -0.173. The Bertz CT molecular complexity index is 149. The lowest BCUT2D eigenvalue weighted by atomic mass is 9.96. The summed E-state index contributed by atoms with van der Waals surface area (Å²) in [6.07, 6.45) is 2.37. The van der Waals surface area contributed by atoms with Crippen molar-refractivity contribution in [3.8, 4) is 0 Å². The fourth-order valence-corrected chi connectivity index (χ4v) is 1.90. The van der Waals surface area contributed by atoms with Crippen LogP contribution < -0.4 is 0 Å². The number of methoxy groups -OCH3 is 1. The Morgan fingerprint density at radius 3 is 2.77 bits per heavy atom. The maximum atomic E-state index is 9.83. The average Bonchev–Trinajstić information content (AvgIpc) is 2.11. The summed E-state index contributed by atoms with van der Waals surface area (Å²) in [6.45, 7) is 4.12. The largest absolute Gasteiger partial charge is 0.388 e. The van der Waals surface area contributed by atoms with Gasteiger partial charge in [-0.05, 0) is 13.3 Å². The molecule has 1 fully saturated rings. The van der Waals surface area contributed by atoms with Crippen LogP contribution in [0.2, 0.25) is 0 Å². The molecule has 0 spiro atoms. The van der Waals surface area contributed by atoms with Crippen molar-refractivity contribution in [3.05, 3.63) is 0 Å². The molecule has 1 heterocycles. The molecule has 4 unspecified atom stereocenters. The normalized spacial score (nSPS) is 40.6. The third-order valence-corrected chi connectivity index (χ3v) is 2.61. The number of aliphatic hydroxyl groups is 1. The van der Waals surface area contributed by atoms with Crippen LogP contribution in [0.15, 0.2) is 0 Å². The van der Waals surface area contributed by atoms with E-state index in [0.717, 1.165) is 19.3 Å². The van der Waals surface area contributed by atoms with Gasteiger partial charge >= 0.3 is 0 Å². The molecule has 0 saturated carbocycles. The third-order valence-electron chi connectivity index (χ3n) is 2.61. The van der Waals surface area contributed by atoms with Crippen molar-refractivity contribution < 1.29 is 14.6 Å². The zero-order valence-electron chi connectivity index (χ0n) is 8.69. The monoisotopic (exact) mass is 188 g/mol. The number of ether oxygens (including phenoxy) is 2. The first kappa shape index (κ1) is 11.0. The molecule has 4 atom stereocenters. The van der Waals surface area contributed by atoms with E-state index in [-0.39, 0.29) is 18.3 Å². The predicted octanol–water partition coefficient (Wildman–Crippen LogP) is 1.34. The van der Waals surface area contributed by atoms with Crippen LogP contribution in [0.4, 0.5) is 0 Å². The SMILES string of the molecule is CCCC1OC(C)CC(OC)C1O. The lowest BCUT2D eigenvalue weighted by Gasteiger charge is -2.37. The Labute approximate surface area is 80.0 Å². The highest BCUT2D eigenvalue weighted by Gasteiger charge is 2.35. The minimum Gasteiger partial charge on any atom is -0.388 e. The van der Waals surface area contributed by atoms with Gasteiger partial charge in [0.05, 0.1) is 18.3 Å². The van der Waals surface area contributed by atoms with Gasteiger partial charge in [0, 0.05) is 13.5 Å². The van der Waals surface area contributed by atoms with E-state index in [1.54, 1.807) is 7.11 Å². The summed E-state index contributed by atoms with van der Waals surface area (Å²) >= 11 is 0. The summed E-state index contributed by atoms with van der Waals surface area (Å²) in [5.41, 5.74) is 0. The molecule has 0 amide bonds. The van der Waals surface area contributed by atoms with E-state index in [1.165, 1.54) is 0 Å². The molecule has 0 aromatic carbocycles. The van der Waals surface area contributed by atoms with Gasteiger partial charge in [-0.15, -0.1) is 0 Å². The fourth-order valence-electron chi connectivity index (χ4n) is 1.90. The molecule has 78 valence electrons. The van der Waals surface area contributed by atoms with E-state index >= 15 is 0 Å². The molecule has 1 aliphatic heterocycles. The van der Waals surface area contributed by atoms with Gasteiger partial charge in [-0.1, -0.05) is 13.3 Å². The van der Waals surface area contributed by atoms with Gasteiger partial charge in [-0.2, -0.15) is 0 Å². The molecule has 1 N–H and O–H groups in total. The average molecular weight is 188 g/mol. The maximum Gasteiger partial charge on any atom is 0.106 e. The van der Waals surface area contributed by atoms with Crippen molar-refractivity contribution in [3.63, 3.8) is 0 Å². The minimum atomic E-state index is -0.457. The molecule has 1 aliphatic rings. The molecular weight excluding hydrogens is 168 g/mol. The van der Waals surface area contributed by atoms with Crippen LogP contribution in [0.1, 0.15) is 33.1 Å². The van der Waals surface area contributed by atoms with Gasteiger partial charge in [0.15, 0.2) is 0 Å². The Hall–Kier alpha value is -0.120. The Morgan fingerprint density at radius 2 is 2.23 bits per heavy atom. The van der Waals surface area contributed by atoms with Crippen LogP contribution in [0.5, 0.6) is 0 Å². The number of hydrogen-bond acceptors (Lipinski definition) is 3. The molecular formula is C10H20O3. The summed E-state index contributed by atoms with van der Waals surface area (Å²) in [7, 11) is 1.65. The smallest absolute Gasteiger partial charge is 0.106 e. The number of aliphatic hydroxyl groups excluding tert-OH is 1. The molecule has 0 aliphatic carbocycles. The first-order valence-corrected chi connectivity index (χ1v) is 5.05. The molecule has 1 saturated heterocycles. The summed E-state index contributed by atoms with van der Waals surface area (Å²) < 4.78 is 10.9. The van der Waals surface area contributed by atoms with Gasteiger partial charge < -0.3 is 14.6 Å². The maximum absolute atomic E-state index is 9.83. The molecule has 3 nitrogen and oxygen atoms in total. The highest BCUT2D eigenvalue weighted by Crippen LogP contribution is 2.24. The van der Waals surface area contributed by atoms with Crippen LogP contribution in [0.3, 0.4) is 0 Å². The summed E-state index contributed by atoms with van der Waals surface area (Å²) in [5.74, 6) is 0. The van der Waals surface area contributed by atoms with Gasteiger partial charge in [-0.25, -0.2) is 0 Å². The molecule has 13 heavy (non-hydrogen) atoms. The Kier molecular flexibility index (Phi) is 4.16. The molecule has 0 bridgehead atoms. The zero-order valence-corrected chi connectivity index (χ0v) is 8.69. The van der Waals surface area contributed by atoms with Crippen molar-refractivity contribution in [2.24, 2.45) is 0 Å². The van der Waals surface area contributed by atoms with Crippen LogP contribution in [0.25, 0.3) is 0 Å². The first-order chi connectivity index (χ1) is 6.19. The highest BCUT2D eigenvalue weighted by atomic mass is 16.5. The van der Waals surface area contributed by atoms with Gasteiger partial charge in [0.1, 0.15) is 6.10 Å². The third kappa shape index (κ3) is 2.66. The van der Waals surface area contributed by atoms with Crippen molar-refractivity contribution >= 4 is 0 Å². The second kappa shape index (κ2) is 4.94. The van der Waals surface area contributed by atoms with Gasteiger partial charge in [-0.3, -0.25) is 0 Å². The van der Waals surface area contributed by atoms with Gasteiger partial charge in [0.2, 0.25) is 0 Å². The minimum absolute atomic E-state index is 0.0429. The van der Waals surface area contributed by atoms with Crippen LogP contribution in [-0.2, 0) is 9.47 Å². The Balaban J connectivity index is 2.52.